The zero-order valence-electron chi connectivity index (χ0n) is 18.7. The minimum Gasteiger partial charge on any atom is -0.497 e. The Bertz CT molecular complexity index is 1090. The van der Waals surface area contributed by atoms with E-state index >= 15 is 0 Å². The van der Waals surface area contributed by atoms with Gasteiger partial charge < -0.3 is 24.3 Å². The predicted molar refractivity (Wildman–Crippen MR) is 119 cm³/mol. The number of carbonyl (C=O) groups excluding carboxylic acids is 2. The summed E-state index contributed by atoms with van der Waals surface area (Å²) in [6.07, 6.45) is 1.09. The number of amides is 1. The second kappa shape index (κ2) is 8.94. The molecule has 0 bridgehead atoms. The molecule has 1 aliphatic heterocycles. The molecule has 168 valence electrons. The van der Waals surface area contributed by atoms with Gasteiger partial charge in [-0.05, 0) is 42.3 Å². The summed E-state index contributed by atoms with van der Waals surface area (Å²) in [6.45, 7) is 0. The number of allylic oxidation sites excluding steroid dienone is 2. The fourth-order valence-corrected chi connectivity index (χ4v) is 4.69. The number of carbonyl (C=O) groups is 2. The van der Waals surface area contributed by atoms with Crippen LogP contribution in [0, 0.1) is 0 Å². The summed E-state index contributed by atoms with van der Waals surface area (Å²) in [4.78, 5) is 26.0. The van der Waals surface area contributed by atoms with Gasteiger partial charge in [0.15, 0.2) is 17.3 Å². The van der Waals surface area contributed by atoms with E-state index in [1.165, 1.54) is 0 Å². The van der Waals surface area contributed by atoms with Crippen LogP contribution in [0.2, 0.25) is 0 Å². The first-order valence-electron chi connectivity index (χ1n) is 10.5. The van der Waals surface area contributed by atoms with Crippen LogP contribution in [0.5, 0.6) is 23.0 Å². The van der Waals surface area contributed by atoms with E-state index in [0.29, 0.717) is 47.1 Å². The summed E-state index contributed by atoms with van der Waals surface area (Å²) in [7, 11) is 6.35. The first kappa shape index (κ1) is 21.7. The van der Waals surface area contributed by atoms with Crippen molar-refractivity contribution in [3.63, 3.8) is 0 Å². The number of methoxy groups -OCH3 is 4. The van der Waals surface area contributed by atoms with E-state index in [9.17, 15) is 9.59 Å². The van der Waals surface area contributed by atoms with Crippen LogP contribution < -0.4 is 24.3 Å². The van der Waals surface area contributed by atoms with Crippen LogP contribution in [0.15, 0.2) is 47.7 Å². The third-order valence-electron chi connectivity index (χ3n) is 6.22. The zero-order valence-corrected chi connectivity index (χ0v) is 18.7. The third kappa shape index (κ3) is 3.90. The second-order valence-electron chi connectivity index (χ2n) is 7.95. The predicted octanol–water partition coefficient (Wildman–Crippen LogP) is 3.73. The fourth-order valence-electron chi connectivity index (χ4n) is 4.69. The average molecular weight is 437 g/mol. The van der Waals surface area contributed by atoms with Crippen molar-refractivity contribution in [3.05, 3.63) is 58.8 Å². The number of hydrogen-bond acceptors (Lipinski definition) is 6. The fraction of sp³-hybridized carbons (Fsp3) is 0.360. The van der Waals surface area contributed by atoms with Crippen LogP contribution in [-0.4, -0.2) is 40.1 Å². The summed E-state index contributed by atoms with van der Waals surface area (Å²) in [5.74, 6) is 2.06. The standard InChI is InChI=1S/C25H27NO6/c1-29-16-6-8-21(30-2)17(12-16)15-9-19-25(20(27)10-15)18(13-24(28)26-19)14-5-7-22(31-3)23(11-14)32-4/h5-8,11-12,15,18H,9-10,13H2,1-4H3,(H,26,28)/t15-,18-/m1/s1. The molecule has 0 fully saturated rings. The number of rotatable bonds is 6. The van der Waals surface area contributed by atoms with Crippen LogP contribution in [0.4, 0.5) is 0 Å². The normalized spacial score (nSPS) is 20.4. The molecule has 2 atom stereocenters. The number of ketones is 1. The minimum absolute atomic E-state index is 0.0286. The van der Waals surface area contributed by atoms with Gasteiger partial charge in [-0.25, -0.2) is 0 Å². The zero-order chi connectivity index (χ0) is 22.8. The smallest absolute Gasteiger partial charge is 0.225 e. The van der Waals surface area contributed by atoms with Crippen LogP contribution in [0.25, 0.3) is 0 Å². The van der Waals surface area contributed by atoms with Gasteiger partial charge in [0.2, 0.25) is 5.91 Å². The molecule has 2 aromatic carbocycles. The van der Waals surface area contributed by atoms with E-state index in [0.717, 1.165) is 11.1 Å². The van der Waals surface area contributed by atoms with Crippen molar-refractivity contribution >= 4 is 11.7 Å². The van der Waals surface area contributed by atoms with Crippen molar-refractivity contribution in [2.24, 2.45) is 0 Å². The van der Waals surface area contributed by atoms with Gasteiger partial charge in [0.25, 0.3) is 0 Å². The van der Waals surface area contributed by atoms with Gasteiger partial charge in [0.1, 0.15) is 11.5 Å². The number of hydrogen-bond donors (Lipinski definition) is 1. The van der Waals surface area contributed by atoms with Crippen molar-refractivity contribution in [1.29, 1.82) is 0 Å². The largest absolute Gasteiger partial charge is 0.497 e. The highest BCUT2D eigenvalue weighted by Gasteiger charge is 2.39. The summed E-state index contributed by atoms with van der Waals surface area (Å²) >= 11 is 0. The highest BCUT2D eigenvalue weighted by Crippen LogP contribution is 2.46. The molecule has 1 heterocycles. The number of benzene rings is 2. The lowest BCUT2D eigenvalue weighted by Gasteiger charge is -2.35. The molecule has 0 saturated heterocycles. The molecule has 4 rings (SSSR count). The van der Waals surface area contributed by atoms with Crippen LogP contribution >= 0.6 is 0 Å². The SMILES string of the molecule is COc1ccc(OC)c([C@H]2CC(=O)C3=C(C2)NC(=O)C[C@@H]3c2ccc(OC)c(OC)c2)c1. The topological polar surface area (TPSA) is 83.1 Å². The van der Waals surface area contributed by atoms with Gasteiger partial charge in [0, 0.05) is 41.5 Å². The Labute approximate surface area is 187 Å². The van der Waals surface area contributed by atoms with Crippen molar-refractivity contribution in [2.45, 2.75) is 31.1 Å². The highest BCUT2D eigenvalue weighted by atomic mass is 16.5. The monoisotopic (exact) mass is 437 g/mol. The Morgan fingerprint density at radius 2 is 1.50 bits per heavy atom. The van der Waals surface area contributed by atoms with Crippen LogP contribution in [0.3, 0.4) is 0 Å². The van der Waals surface area contributed by atoms with Crippen LogP contribution in [0.1, 0.15) is 42.2 Å². The molecule has 0 spiro atoms. The Morgan fingerprint density at radius 3 is 2.19 bits per heavy atom. The first-order chi connectivity index (χ1) is 15.5. The van der Waals surface area contributed by atoms with Gasteiger partial charge in [0.05, 0.1) is 28.4 Å². The van der Waals surface area contributed by atoms with Crippen molar-refractivity contribution in [1.82, 2.24) is 5.32 Å². The molecule has 2 aliphatic rings. The Balaban J connectivity index is 1.73. The minimum atomic E-state index is -0.320. The highest BCUT2D eigenvalue weighted by molar-refractivity contribution is 6.02. The molecule has 1 aliphatic carbocycles. The molecule has 2 aromatic rings. The summed E-state index contributed by atoms with van der Waals surface area (Å²) in [6, 6.07) is 11.1. The van der Waals surface area contributed by atoms with E-state index < -0.39 is 0 Å². The van der Waals surface area contributed by atoms with E-state index in [1.807, 2.05) is 30.3 Å². The molecule has 0 radical (unpaired) electrons. The summed E-state index contributed by atoms with van der Waals surface area (Å²) in [5, 5.41) is 2.96. The number of nitrogens with one attached hydrogen (secondary N) is 1. The molecular weight excluding hydrogens is 410 g/mol. The van der Waals surface area contributed by atoms with Crippen LogP contribution in [-0.2, 0) is 9.59 Å². The Morgan fingerprint density at radius 1 is 0.781 bits per heavy atom. The van der Waals surface area contributed by atoms with Gasteiger partial charge in [-0.3, -0.25) is 9.59 Å². The Kier molecular flexibility index (Phi) is 6.08. The van der Waals surface area contributed by atoms with Gasteiger partial charge in [-0.1, -0.05) is 6.07 Å². The molecule has 7 nitrogen and oxygen atoms in total. The van der Waals surface area contributed by atoms with Gasteiger partial charge >= 0.3 is 0 Å². The molecule has 32 heavy (non-hydrogen) atoms. The molecule has 1 N–H and O–H groups in total. The molecule has 0 aromatic heterocycles. The number of Topliss-reactive ketones (excluding diaryl/α,β-unsaturated/α-hetero) is 1. The van der Waals surface area contributed by atoms with Gasteiger partial charge in [-0.15, -0.1) is 0 Å². The third-order valence-corrected chi connectivity index (χ3v) is 6.22. The lowest BCUT2D eigenvalue weighted by molar-refractivity contribution is -0.122. The van der Waals surface area contributed by atoms with Crippen molar-refractivity contribution < 1.29 is 28.5 Å². The van der Waals surface area contributed by atoms with E-state index in [-0.39, 0.29) is 29.9 Å². The number of ether oxygens (including phenoxy) is 4. The Hall–Kier alpha value is -3.48. The first-order valence-corrected chi connectivity index (χ1v) is 10.5. The summed E-state index contributed by atoms with van der Waals surface area (Å²) in [5.41, 5.74) is 3.12. The molecule has 7 heteroatoms. The molecule has 0 unspecified atom stereocenters. The van der Waals surface area contributed by atoms with Crippen molar-refractivity contribution in [3.8, 4) is 23.0 Å². The summed E-state index contributed by atoms with van der Waals surface area (Å²) < 4.78 is 21.7. The lowest BCUT2D eigenvalue weighted by Crippen LogP contribution is -2.38. The second-order valence-corrected chi connectivity index (χ2v) is 7.95. The lowest BCUT2D eigenvalue weighted by atomic mass is 9.73. The maximum atomic E-state index is 13.4. The molecule has 1 amide bonds. The molecular formula is C25H27NO6. The maximum Gasteiger partial charge on any atom is 0.225 e. The van der Waals surface area contributed by atoms with E-state index in [2.05, 4.69) is 5.32 Å². The average Bonchev–Trinajstić information content (AvgIpc) is 2.82. The van der Waals surface area contributed by atoms with E-state index in [4.69, 9.17) is 18.9 Å². The quantitative estimate of drug-likeness (QED) is 0.742. The maximum absolute atomic E-state index is 13.4. The molecule has 0 saturated carbocycles. The van der Waals surface area contributed by atoms with Crippen molar-refractivity contribution in [2.75, 3.05) is 28.4 Å². The van der Waals surface area contributed by atoms with Gasteiger partial charge in [-0.2, -0.15) is 0 Å². The van der Waals surface area contributed by atoms with E-state index in [1.54, 1.807) is 34.5 Å².